The van der Waals surface area contributed by atoms with E-state index in [1.807, 2.05) is 20.8 Å². The van der Waals surface area contributed by atoms with E-state index in [0.29, 0.717) is 11.3 Å². The maximum absolute atomic E-state index is 13.5. The SMILES string of the molecule is COc1ccc(C=N[S@@](=O)C(C)(C)C)c(F)c1. The minimum Gasteiger partial charge on any atom is -0.497 e. The monoisotopic (exact) mass is 257 g/mol. The largest absolute Gasteiger partial charge is 0.497 e. The number of methoxy groups -OCH3 is 1. The van der Waals surface area contributed by atoms with Gasteiger partial charge in [-0.15, -0.1) is 0 Å². The minimum absolute atomic E-state index is 0.295. The molecule has 0 aliphatic carbocycles. The zero-order valence-electron chi connectivity index (χ0n) is 10.4. The first-order valence-electron chi connectivity index (χ1n) is 5.14. The Balaban J connectivity index is 2.89. The van der Waals surface area contributed by atoms with Crippen molar-refractivity contribution in [3.63, 3.8) is 0 Å². The second-order valence-electron chi connectivity index (χ2n) is 4.48. The van der Waals surface area contributed by atoms with Crippen molar-refractivity contribution < 1.29 is 13.3 Å². The second kappa shape index (κ2) is 5.40. The predicted octanol–water partition coefficient (Wildman–Crippen LogP) is 2.72. The first-order chi connectivity index (χ1) is 7.84. The van der Waals surface area contributed by atoms with E-state index in [1.165, 1.54) is 25.5 Å². The summed E-state index contributed by atoms with van der Waals surface area (Å²) in [6, 6.07) is 4.43. The fourth-order valence-corrected chi connectivity index (χ4v) is 1.53. The molecule has 1 rings (SSSR count). The Bertz CT molecular complexity index is 452. The molecule has 0 aromatic heterocycles. The molecule has 94 valence electrons. The zero-order valence-corrected chi connectivity index (χ0v) is 11.2. The minimum atomic E-state index is -1.38. The second-order valence-corrected chi connectivity index (χ2v) is 6.42. The Morgan fingerprint density at radius 2 is 2.06 bits per heavy atom. The van der Waals surface area contributed by atoms with Crippen molar-refractivity contribution >= 4 is 17.2 Å². The van der Waals surface area contributed by atoms with E-state index in [0.717, 1.165) is 0 Å². The van der Waals surface area contributed by atoms with E-state index in [1.54, 1.807) is 6.07 Å². The summed E-state index contributed by atoms with van der Waals surface area (Å²) >= 11 is 0. The number of nitrogens with zero attached hydrogens (tertiary/aromatic N) is 1. The van der Waals surface area contributed by atoms with Crippen molar-refractivity contribution in [2.24, 2.45) is 4.40 Å². The van der Waals surface area contributed by atoms with Crippen molar-refractivity contribution in [1.82, 2.24) is 0 Å². The molecule has 1 atom stereocenters. The van der Waals surface area contributed by atoms with Gasteiger partial charge in [0.25, 0.3) is 0 Å². The first kappa shape index (κ1) is 13.8. The van der Waals surface area contributed by atoms with Crippen LogP contribution in [0.2, 0.25) is 0 Å². The summed E-state index contributed by atoms with van der Waals surface area (Å²) < 4.78 is 33.4. The third-order valence-electron chi connectivity index (χ3n) is 2.02. The van der Waals surface area contributed by atoms with E-state index in [2.05, 4.69) is 4.40 Å². The summed E-state index contributed by atoms with van der Waals surface area (Å²) in [5.74, 6) is -0.00407. The van der Waals surface area contributed by atoms with Crippen LogP contribution in [0.25, 0.3) is 0 Å². The number of rotatable bonds is 3. The van der Waals surface area contributed by atoms with Crippen LogP contribution in [-0.4, -0.2) is 22.3 Å². The fourth-order valence-electron chi connectivity index (χ4n) is 1.00. The van der Waals surface area contributed by atoms with Gasteiger partial charge in [-0.2, -0.15) is 4.40 Å². The molecule has 3 nitrogen and oxygen atoms in total. The predicted molar refractivity (Wildman–Crippen MR) is 68.4 cm³/mol. The molecule has 0 spiro atoms. The van der Waals surface area contributed by atoms with Crippen LogP contribution in [0, 0.1) is 5.82 Å². The van der Waals surface area contributed by atoms with Crippen molar-refractivity contribution in [2.75, 3.05) is 7.11 Å². The van der Waals surface area contributed by atoms with E-state index >= 15 is 0 Å². The van der Waals surface area contributed by atoms with Gasteiger partial charge in [-0.3, -0.25) is 0 Å². The Morgan fingerprint density at radius 1 is 1.41 bits per heavy atom. The average molecular weight is 257 g/mol. The quantitative estimate of drug-likeness (QED) is 0.781. The molecule has 0 saturated carbocycles. The van der Waals surface area contributed by atoms with Gasteiger partial charge in [0.2, 0.25) is 0 Å². The highest BCUT2D eigenvalue weighted by molar-refractivity contribution is 7.85. The van der Waals surface area contributed by atoms with Gasteiger partial charge >= 0.3 is 0 Å². The standard InChI is InChI=1S/C12H16FNO2S/c1-12(2,3)17(15)14-8-9-5-6-10(16-4)7-11(9)13/h5-8H,1-4H3/t17-/m0/s1. The average Bonchev–Trinajstić information content (AvgIpc) is 2.25. The molecule has 1 aromatic rings. The highest BCUT2D eigenvalue weighted by atomic mass is 32.2. The Labute approximate surface area is 103 Å². The molecule has 0 saturated heterocycles. The van der Waals surface area contributed by atoms with Crippen LogP contribution in [0.4, 0.5) is 4.39 Å². The highest BCUT2D eigenvalue weighted by Gasteiger charge is 2.18. The summed E-state index contributed by atoms with van der Waals surface area (Å²) in [5.41, 5.74) is 0.295. The summed E-state index contributed by atoms with van der Waals surface area (Å²) in [4.78, 5) is 0. The fraction of sp³-hybridized carbons (Fsp3) is 0.417. The van der Waals surface area contributed by atoms with Crippen molar-refractivity contribution in [2.45, 2.75) is 25.5 Å². The summed E-state index contributed by atoms with van der Waals surface area (Å²) in [6.45, 7) is 5.43. The number of ether oxygens (including phenoxy) is 1. The molecule has 0 aliphatic rings. The topological polar surface area (TPSA) is 38.7 Å². The number of halogens is 1. The van der Waals surface area contributed by atoms with Gasteiger partial charge in [-0.05, 0) is 32.9 Å². The molecule has 0 N–H and O–H groups in total. The van der Waals surface area contributed by atoms with Gasteiger partial charge in [0.05, 0.1) is 11.9 Å². The van der Waals surface area contributed by atoms with Gasteiger partial charge in [-0.1, -0.05) is 0 Å². The lowest BCUT2D eigenvalue weighted by molar-refractivity contribution is 0.411. The lowest BCUT2D eigenvalue weighted by atomic mass is 10.2. The smallest absolute Gasteiger partial charge is 0.144 e. The first-order valence-corrected chi connectivity index (χ1v) is 6.25. The molecule has 5 heteroatoms. The lowest BCUT2D eigenvalue weighted by Gasteiger charge is -2.12. The summed E-state index contributed by atoms with van der Waals surface area (Å²) in [6.07, 6.45) is 1.29. The van der Waals surface area contributed by atoms with E-state index < -0.39 is 21.5 Å². The van der Waals surface area contributed by atoms with Gasteiger partial charge in [0, 0.05) is 17.8 Å². The van der Waals surface area contributed by atoms with E-state index in [4.69, 9.17) is 4.74 Å². The lowest BCUT2D eigenvalue weighted by Crippen LogP contribution is -2.19. The molecular formula is C12H16FNO2S. The van der Waals surface area contributed by atoms with Crippen LogP contribution in [0.15, 0.2) is 22.6 Å². The molecular weight excluding hydrogens is 241 g/mol. The number of benzene rings is 1. The highest BCUT2D eigenvalue weighted by Crippen LogP contribution is 2.16. The molecule has 1 aromatic carbocycles. The normalized spacial score (nSPS) is 13.9. The van der Waals surface area contributed by atoms with Crippen LogP contribution in [0.1, 0.15) is 26.3 Å². The third-order valence-corrected chi connectivity index (χ3v) is 3.36. The maximum Gasteiger partial charge on any atom is 0.144 e. The Kier molecular flexibility index (Phi) is 4.40. The third kappa shape index (κ3) is 3.93. The van der Waals surface area contributed by atoms with Crippen LogP contribution in [-0.2, 0) is 11.0 Å². The molecule has 0 amide bonds. The van der Waals surface area contributed by atoms with Crippen LogP contribution in [0.5, 0.6) is 5.75 Å². The number of hydrogen-bond donors (Lipinski definition) is 0. The van der Waals surface area contributed by atoms with Crippen LogP contribution < -0.4 is 4.74 Å². The zero-order chi connectivity index (χ0) is 13.1. The molecule has 0 aliphatic heterocycles. The van der Waals surface area contributed by atoms with Crippen LogP contribution >= 0.6 is 0 Å². The van der Waals surface area contributed by atoms with E-state index in [9.17, 15) is 8.60 Å². The number of hydrogen-bond acceptors (Lipinski definition) is 2. The Morgan fingerprint density at radius 3 is 2.53 bits per heavy atom. The molecule has 0 unspecified atom stereocenters. The van der Waals surface area contributed by atoms with Gasteiger partial charge in [-0.25, -0.2) is 8.60 Å². The molecule has 0 heterocycles. The summed E-state index contributed by atoms with van der Waals surface area (Å²) in [7, 11) is 0.0877. The molecule has 0 radical (unpaired) electrons. The van der Waals surface area contributed by atoms with E-state index in [-0.39, 0.29) is 0 Å². The maximum atomic E-state index is 13.5. The van der Waals surface area contributed by atoms with Crippen molar-refractivity contribution in [1.29, 1.82) is 0 Å². The van der Waals surface area contributed by atoms with Crippen molar-refractivity contribution in [3.8, 4) is 5.75 Å². The van der Waals surface area contributed by atoms with Gasteiger partial charge in [0.1, 0.15) is 22.6 Å². The summed E-state index contributed by atoms with van der Waals surface area (Å²) in [5, 5.41) is 0. The van der Waals surface area contributed by atoms with Gasteiger partial charge < -0.3 is 4.74 Å². The van der Waals surface area contributed by atoms with Crippen LogP contribution in [0.3, 0.4) is 0 Å². The molecule has 0 fully saturated rings. The van der Waals surface area contributed by atoms with Gasteiger partial charge in [0.15, 0.2) is 0 Å². The Hall–Kier alpha value is -1.23. The van der Waals surface area contributed by atoms with Crippen molar-refractivity contribution in [3.05, 3.63) is 29.6 Å². The molecule has 17 heavy (non-hydrogen) atoms. The molecule has 0 bridgehead atoms.